The number of fused-ring (bicyclic) bond motifs is 1. The van der Waals surface area contributed by atoms with Gasteiger partial charge < -0.3 is 0 Å². The van der Waals surface area contributed by atoms with Gasteiger partial charge >= 0.3 is 0 Å². The lowest BCUT2D eigenvalue weighted by Crippen LogP contribution is -2.34. The topological polar surface area (TPSA) is 3.24 Å². The summed E-state index contributed by atoms with van der Waals surface area (Å²) in [6, 6.07) is 0. The average molecular weight is 251 g/mol. The summed E-state index contributed by atoms with van der Waals surface area (Å²) in [5.41, 5.74) is 0.603. The zero-order chi connectivity index (χ0) is 7.19. The lowest BCUT2D eigenvalue weighted by atomic mass is 9.97. The van der Waals surface area contributed by atoms with Crippen LogP contribution in [0.3, 0.4) is 0 Å². The highest BCUT2D eigenvalue weighted by Crippen LogP contribution is 2.40. The Hall–Kier alpha value is 0.690. The van der Waals surface area contributed by atoms with Crippen LogP contribution in [0.5, 0.6) is 0 Å². The highest BCUT2D eigenvalue weighted by atomic mass is 127. The molecule has 2 fully saturated rings. The first kappa shape index (κ1) is 7.35. The number of hydrogen-bond acceptors (Lipinski definition) is 1. The summed E-state index contributed by atoms with van der Waals surface area (Å²) in [6.07, 6.45) is 4.29. The fourth-order valence-corrected chi connectivity index (χ4v) is 3.83. The summed E-state index contributed by atoms with van der Waals surface area (Å²) in [6.45, 7) is 5.13. The molecule has 58 valence electrons. The van der Waals surface area contributed by atoms with E-state index in [0.717, 1.165) is 3.92 Å². The molecule has 0 N–H and O–H groups in total. The SMILES string of the molecule is C[C@@]12CCCN1C[C@H](I)C2. The highest BCUT2D eigenvalue weighted by molar-refractivity contribution is 14.1. The Balaban J connectivity index is 2.15. The number of nitrogens with zero attached hydrogens (tertiary/aromatic N) is 1. The number of alkyl halides is 1. The van der Waals surface area contributed by atoms with Crippen molar-refractivity contribution in [3.63, 3.8) is 0 Å². The molecule has 2 heteroatoms. The zero-order valence-electron chi connectivity index (χ0n) is 6.44. The monoisotopic (exact) mass is 251 g/mol. The van der Waals surface area contributed by atoms with Crippen molar-refractivity contribution in [3.05, 3.63) is 0 Å². The smallest absolute Gasteiger partial charge is 0.0255 e. The molecular formula is C8H14IN. The van der Waals surface area contributed by atoms with Crippen LogP contribution in [-0.4, -0.2) is 27.5 Å². The Morgan fingerprint density at radius 1 is 1.60 bits per heavy atom. The van der Waals surface area contributed by atoms with Crippen molar-refractivity contribution in [1.82, 2.24) is 4.90 Å². The van der Waals surface area contributed by atoms with Crippen LogP contribution in [0.2, 0.25) is 0 Å². The molecule has 2 atom stereocenters. The number of halogens is 1. The van der Waals surface area contributed by atoms with Crippen LogP contribution in [0, 0.1) is 0 Å². The second-order valence-electron chi connectivity index (χ2n) is 3.85. The van der Waals surface area contributed by atoms with Crippen molar-refractivity contribution in [2.24, 2.45) is 0 Å². The van der Waals surface area contributed by atoms with Gasteiger partial charge in [-0.1, -0.05) is 22.6 Å². The van der Waals surface area contributed by atoms with Gasteiger partial charge in [0.25, 0.3) is 0 Å². The van der Waals surface area contributed by atoms with Crippen molar-refractivity contribution < 1.29 is 0 Å². The summed E-state index contributed by atoms with van der Waals surface area (Å²) in [5, 5.41) is 0. The molecule has 0 aromatic carbocycles. The van der Waals surface area contributed by atoms with E-state index in [9.17, 15) is 0 Å². The van der Waals surface area contributed by atoms with E-state index in [-0.39, 0.29) is 0 Å². The van der Waals surface area contributed by atoms with E-state index in [4.69, 9.17) is 0 Å². The van der Waals surface area contributed by atoms with Crippen LogP contribution in [0.1, 0.15) is 26.2 Å². The Labute approximate surface area is 76.3 Å². The van der Waals surface area contributed by atoms with E-state index >= 15 is 0 Å². The molecule has 0 radical (unpaired) electrons. The molecule has 10 heavy (non-hydrogen) atoms. The summed E-state index contributed by atoms with van der Waals surface area (Å²) in [5.74, 6) is 0. The maximum absolute atomic E-state index is 2.67. The first-order chi connectivity index (χ1) is 4.71. The summed E-state index contributed by atoms with van der Waals surface area (Å²) >= 11 is 2.59. The third-order valence-electron chi connectivity index (χ3n) is 2.99. The summed E-state index contributed by atoms with van der Waals surface area (Å²) in [7, 11) is 0. The molecule has 0 aliphatic carbocycles. The fourth-order valence-electron chi connectivity index (χ4n) is 2.40. The van der Waals surface area contributed by atoms with Crippen molar-refractivity contribution in [3.8, 4) is 0 Å². The molecule has 2 aliphatic rings. The third-order valence-corrected chi connectivity index (χ3v) is 3.82. The largest absolute Gasteiger partial charge is 0.297 e. The van der Waals surface area contributed by atoms with Gasteiger partial charge in [-0.05, 0) is 32.7 Å². The minimum absolute atomic E-state index is 0.603. The average Bonchev–Trinajstić information content (AvgIpc) is 2.20. The second kappa shape index (κ2) is 2.34. The second-order valence-corrected chi connectivity index (χ2v) is 5.61. The van der Waals surface area contributed by atoms with Gasteiger partial charge in [-0.25, -0.2) is 0 Å². The van der Waals surface area contributed by atoms with Gasteiger partial charge in [-0.15, -0.1) is 0 Å². The molecule has 2 saturated heterocycles. The Bertz CT molecular complexity index is 148. The molecule has 0 bridgehead atoms. The number of rotatable bonds is 0. The standard InChI is InChI=1S/C8H14IN/c1-8-3-2-4-10(8)6-7(9)5-8/h7H,2-6H2,1H3/t7-,8+/m1/s1. The minimum Gasteiger partial charge on any atom is -0.297 e. The molecule has 0 unspecified atom stereocenters. The fraction of sp³-hybridized carbons (Fsp3) is 1.00. The molecule has 0 spiro atoms. The minimum atomic E-state index is 0.603. The predicted molar refractivity (Wildman–Crippen MR) is 51.6 cm³/mol. The molecule has 2 heterocycles. The van der Waals surface area contributed by atoms with Crippen molar-refractivity contribution >= 4 is 22.6 Å². The summed E-state index contributed by atoms with van der Waals surface area (Å²) < 4.78 is 0.919. The van der Waals surface area contributed by atoms with E-state index in [2.05, 4.69) is 34.4 Å². The van der Waals surface area contributed by atoms with E-state index in [1.165, 1.54) is 32.4 Å². The van der Waals surface area contributed by atoms with Gasteiger partial charge in [0.15, 0.2) is 0 Å². The molecule has 2 aliphatic heterocycles. The normalized spacial score (nSPS) is 48.0. The maximum Gasteiger partial charge on any atom is 0.0255 e. The van der Waals surface area contributed by atoms with Crippen molar-refractivity contribution in [2.45, 2.75) is 35.6 Å². The first-order valence-corrected chi connectivity index (χ1v) is 5.34. The molecule has 0 saturated carbocycles. The highest BCUT2D eigenvalue weighted by Gasteiger charge is 2.43. The van der Waals surface area contributed by atoms with Crippen LogP contribution >= 0.6 is 22.6 Å². The molecule has 1 nitrogen and oxygen atoms in total. The predicted octanol–water partition coefficient (Wildman–Crippen LogP) is 2.05. The van der Waals surface area contributed by atoms with Crippen LogP contribution in [-0.2, 0) is 0 Å². The number of hydrogen-bond donors (Lipinski definition) is 0. The lowest BCUT2D eigenvalue weighted by Gasteiger charge is -2.26. The van der Waals surface area contributed by atoms with Gasteiger partial charge in [-0.3, -0.25) is 4.90 Å². The van der Waals surface area contributed by atoms with Crippen LogP contribution in [0.15, 0.2) is 0 Å². The molecule has 2 rings (SSSR count). The van der Waals surface area contributed by atoms with Gasteiger partial charge in [0.2, 0.25) is 0 Å². The Morgan fingerprint density at radius 3 is 3.10 bits per heavy atom. The molecule has 0 amide bonds. The van der Waals surface area contributed by atoms with E-state index < -0.39 is 0 Å². The molecular weight excluding hydrogens is 237 g/mol. The van der Waals surface area contributed by atoms with Crippen LogP contribution < -0.4 is 0 Å². The van der Waals surface area contributed by atoms with E-state index in [1.54, 1.807) is 0 Å². The first-order valence-electron chi connectivity index (χ1n) is 4.10. The Kier molecular flexibility index (Phi) is 1.72. The van der Waals surface area contributed by atoms with Crippen molar-refractivity contribution in [1.29, 1.82) is 0 Å². The lowest BCUT2D eigenvalue weighted by molar-refractivity contribution is 0.218. The molecule has 0 aromatic rings. The summed E-state index contributed by atoms with van der Waals surface area (Å²) in [4.78, 5) is 2.67. The van der Waals surface area contributed by atoms with Gasteiger partial charge in [-0.2, -0.15) is 0 Å². The third kappa shape index (κ3) is 0.998. The van der Waals surface area contributed by atoms with Gasteiger partial charge in [0, 0.05) is 16.0 Å². The van der Waals surface area contributed by atoms with E-state index in [1.807, 2.05) is 0 Å². The van der Waals surface area contributed by atoms with Gasteiger partial charge in [0.1, 0.15) is 0 Å². The zero-order valence-corrected chi connectivity index (χ0v) is 8.60. The van der Waals surface area contributed by atoms with E-state index in [0.29, 0.717) is 5.54 Å². The van der Waals surface area contributed by atoms with Crippen molar-refractivity contribution in [2.75, 3.05) is 13.1 Å². The Morgan fingerprint density at radius 2 is 2.40 bits per heavy atom. The molecule has 0 aromatic heterocycles. The van der Waals surface area contributed by atoms with Crippen LogP contribution in [0.4, 0.5) is 0 Å². The maximum atomic E-state index is 2.67. The van der Waals surface area contributed by atoms with Crippen LogP contribution in [0.25, 0.3) is 0 Å². The van der Waals surface area contributed by atoms with Gasteiger partial charge in [0.05, 0.1) is 0 Å². The quantitative estimate of drug-likeness (QED) is 0.470.